The Balaban J connectivity index is 2.01. The van der Waals surface area contributed by atoms with Gasteiger partial charge in [-0.25, -0.2) is 8.78 Å². The zero-order chi connectivity index (χ0) is 12.3. The maximum Gasteiger partial charge on any atom is 0.130 e. The van der Waals surface area contributed by atoms with E-state index in [0.29, 0.717) is 12.1 Å². The molecule has 1 aromatic rings. The topological polar surface area (TPSA) is 32.3 Å². The predicted molar refractivity (Wildman–Crippen MR) is 61.5 cm³/mol. The highest BCUT2D eigenvalue weighted by molar-refractivity contribution is 5.18. The van der Waals surface area contributed by atoms with Gasteiger partial charge in [-0.15, -0.1) is 0 Å². The molecule has 0 amide bonds. The summed E-state index contributed by atoms with van der Waals surface area (Å²) in [6.07, 6.45) is 3.98. The van der Waals surface area contributed by atoms with Crippen molar-refractivity contribution < 1.29 is 13.9 Å². The first kappa shape index (κ1) is 12.5. The summed E-state index contributed by atoms with van der Waals surface area (Å²) < 4.78 is 26.1. The molecule has 0 heterocycles. The molecule has 0 saturated heterocycles. The molecule has 0 atom stereocenters. The van der Waals surface area contributed by atoms with E-state index in [0.717, 1.165) is 31.7 Å². The lowest BCUT2D eigenvalue weighted by Gasteiger charge is -2.28. The Morgan fingerprint density at radius 1 is 1.24 bits per heavy atom. The van der Waals surface area contributed by atoms with E-state index in [1.807, 2.05) is 0 Å². The molecule has 17 heavy (non-hydrogen) atoms. The predicted octanol–water partition coefficient (Wildman–Crippen LogP) is 2.36. The maximum atomic E-state index is 13.4. The standard InChI is InChI=1S/C13H17F2NO/c14-11-4-3-10(12(15)7-11)8-16-13(9-17)5-1-2-6-13/h3-4,7,16-17H,1-2,5-6,8-9H2. The van der Waals surface area contributed by atoms with Crippen molar-refractivity contribution in [3.05, 3.63) is 35.4 Å². The number of benzene rings is 1. The van der Waals surface area contributed by atoms with Gasteiger partial charge in [-0.05, 0) is 18.9 Å². The van der Waals surface area contributed by atoms with E-state index in [1.54, 1.807) is 0 Å². The van der Waals surface area contributed by atoms with Gasteiger partial charge in [0.2, 0.25) is 0 Å². The van der Waals surface area contributed by atoms with Crippen molar-refractivity contribution in [2.75, 3.05) is 6.61 Å². The molecule has 94 valence electrons. The normalized spacial score (nSPS) is 18.5. The molecule has 0 bridgehead atoms. The Kier molecular flexibility index (Phi) is 3.74. The molecule has 2 nitrogen and oxygen atoms in total. The number of aliphatic hydroxyl groups is 1. The fraction of sp³-hybridized carbons (Fsp3) is 0.538. The van der Waals surface area contributed by atoms with Crippen molar-refractivity contribution in [3.63, 3.8) is 0 Å². The van der Waals surface area contributed by atoms with E-state index in [9.17, 15) is 13.9 Å². The second kappa shape index (κ2) is 5.10. The maximum absolute atomic E-state index is 13.4. The van der Waals surface area contributed by atoms with E-state index in [4.69, 9.17) is 0 Å². The number of hydrogen-bond acceptors (Lipinski definition) is 2. The summed E-state index contributed by atoms with van der Waals surface area (Å²) in [5, 5.41) is 12.6. The minimum atomic E-state index is -0.566. The monoisotopic (exact) mass is 241 g/mol. The molecule has 2 N–H and O–H groups in total. The molecule has 0 radical (unpaired) electrons. The number of nitrogens with one attached hydrogen (secondary N) is 1. The summed E-state index contributed by atoms with van der Waals surface area (Å²) in [4.78, 5) is 0. The lowest BCUT2D eigenvalue weighted by molar-refractivity contribution is 0.162. The van der Waals surface area contributed by atoms with Crippen LogP contribution in [0, 0.1) is 11.6 Å². The summed E-state index contributed by atoms with van der Waals surface area (Å²) in [6, 6.07) is 3.58. The highest BCUT2D eigenvalue weighted by atomic mass is 19.1. The Hall–Kier alpha value is -1.00. The van der Waals surface area contributed by atoms with Crippen LogP contribution in [-0.2, 0) is 6.54 Å². The molecule has 1 aliphatic rings. The van der Waals surface area contributed by atoms with Gasteiger partial charge in [0.25, 0.3) is 0 Å². The van der Waals surface area contributed by atoms with Crippen molar-refractivity contribution in [2.24, 2.45) is 0 Å². The quantitative estimate of drug-likeness (QED) is 0.848. The molecule has 1 fully saturated rings. The first-order valence-electron chi connectivity index (χ1n) is 5.95. The summed E-state index contributed by atoms with van der Waals surface area (Å²) in [5.74, 6) is -1.10. The molecular formula is C13H17F2NO. The van der Waals surface area contributed by atoms with Crippen LogP contribution in [0.3, 0.4) is 0 Å². The molecule has 2 rings (SSSR count). The Labute approximate surface area is 99.7 Å². The second-order valence-corrected chi connectivity index (χ2v) is 4.73. The van der Waals surface area contributed by atoms with Crippen LogP contribution < -0.4 is 5.32 Å². The third kappa shape index (κ3) is 2.82. The SMILES string of the molecule is OCC1(NCc2ccc(F)cc2F)CCCC1. The molecule has 1 saturated carbocycles. The van der Waals surface area contributed by atoms with Gasteiger partial charge in [0.1, 0.15) is 11.6 Å². The number of halogens is 2. The van der Waals surface area contributed by atoms with Gasteiger partial charge in [-0.3, -0.25) is 0 Å². The van der Waals surface area contributed by atoms with Crippen LogP contribution in [-0.4, -0.2) is 17.3 Å². The zero-order valence-electron chi connectivity index (χ0n) is 9.68. The third-order valence-corrected chi connectivity index (χ3v) is 3.53. The molecule has 1 aromatic carbocycles. The number of rotatable bonds is 4. The van der Waals surface area contributed by atoms with Gasteiger partial charge in [-0.1, -0.05) is 18.9 Å². The van der Waals surface area contributed by atoms with E-state index in [-0.39, 0.29) is 12.1 Å². The van der Waals surface area contributed by atoms with E-state index in [2.05, 4.69) is 5.32 Å². The molecule has 0 unspecified atom stereocenters. The van der Waals surface area contributed by atoms with E-state index < -0.39 is 11.6 Å². The van der Waals surface area contributed by atoms with E-state index >= 15 is 0 Å². The minimum absolute atomic E-state index is 0.0653. The first-order valence-corrected chi connectivity index (χ1v) is 5.95. The highest BCUT2D eigenvalue weighted by Gasteiger charge is 2.32. The van der Waals surface area contributed by atoms with Gasteiger partial charge in [0, 0.05) is 23.7 Å². The van der Waals surface area contributed by atoms with Gasteiger partial charge in [-0.2, -0.15) is 0 Å². The third-order valence-electron chi connectivity index (χ3n) is 3.53. The Bertz CT molecular complexity index is 389. The van der Waals surface area contributed by atoms with Gasteiger partial charge in [0.05, 0.1) is 6.61 Å². The van der Waals surface area contributed by atoms with Crippen molar-refractivity contribution in [2.45, 2.75) is 37.8 Å². The summed E-state index contributed by atoms with van der Waals surface area (Å²) >= 11 is 0. The average molecular weight is 241 g/mol. The van der Waals surface area contributed by atoms with Crippen LogP contribution in [0.15, 0.2) is 18.2 Å². The molecule has 0 aliphatic heterocycles. The van der Waals surface area contributed by atoms with Crippen LogP contribution in [0.5, 0.6) is 0 Å². The highest BCUT2D eigenvalue weighted by Crippen LogP contribution is 2.29. The van der Waals surface area contributed by atoms with E-state index in [1.165, 1.54) is 12.1 Å². The van der Waals surface area contributed by atoms with Crippen molar-refractivity contribution in [1.82, 2.24) is 5.32 Å². The fourth-order valence-corrected chi connectivity index (χ4v) is 2.39. The Morgan fingerprint density at radius 2 is 1.94 bits per heavy atom. The molecule has 0 aromatic heterocycles. The smallest absolute Gasteiger partial charge is 0.130 e. The summed E-state index contributed by atoms with van der Waals surface area (Å²) in [7, 11) is 0. The summed E-state index contributed by atoms with van der Waals surface area (Å²) in [6.45, 7) is 0.391. The van der Waals surface area contributed by atoms with Crippen LogP contribution in [0.2, 0.25) is 0 Å². The largest absolute Gasteiger partial charge is 0.394 e. The van der Waals surface area contributed by atoms with Crippen molar-refractivity contribution >= 4 is 0 Å². The average Bonchev–Trinajstić information content (AvgIpc) is 2.77. The van der Waals surface area contributed by atoms with Crippen molar-refractivity contribution in [3.8, 4) is 0 Å². The first-order chi connectivity index (χ1) is 8.15. The minimum Gasteiger partial charge on any atom is -0.394 e. The second-order valence-electron chi connectivity index (χ2n) is 4.73. The van der Waals surface area contributed by atoms with Crippen molar-refractivity contribution in [1.29, 1.82) is 0 Å². The van der Waals surface area contributed by atoms with Crippen LogP contribution in [0.4, 0.5) is 8.78 Å². The van der Waals surface area contributed by atoms with Gasteiger partial charge >= 0.3 is 0 Å². The lowest BCUT2D eigenvalue weighted by Crippen LogP contribution is -2.45. The van der Waals surface area contributed by atoms with Crippen LogP contribution >= 0.6 is 0 Å². The Morgan fingerprint density at radius 3 is 2.53 bits per heavy atom. The number of hydrogen-bond donors (Lipinski definition) is 2. The molecule has 1 aliphatic carbocycles. The molecular weight excluding hydrogens is 224 g/mol. The van der Waals surface area contributed by atoms with Gasteiger partial charge in [0.15, 0.2) is 0 Å². The number of aliphatic hydroxyl groups excluding tert-OH is 1. The molecule has 4 heteroatoms. The fourth-order valence-electron chi connectivity index (χ4n) is 2.39. The van der Waals surface area contributed by atoms with Crippen LogP contribution in [0.25, 0.3) is 0 Å². The molecule has 0 spiro atoms. The zero-order valence-corrected chi connectivity index (χ0v) is 9.68. The van der Waals surface area contributed by atoms with Crippen LogP contribution in [0.1, 0.15) is 31.2 Å². The summed E-state index contributed by atoms with van der Waals surface area (Å²) in [5.41, 5.74) is 0.159. The van der Waals surface area contributed by atoms with Gasteiger partial charge < -0.3 is 10.4 Å². The lowest BCUT2D eigenvalue weighted by atomic mass is 9.98.